The van der Waals surface area contributed by atoms with E-state index in [1.165, 1.54) is 49.8 Å². The molecule has 1 saturated carbocycles. The lowest BCUT2D eigenvalue weighted by molar-refractivity contribution is 0.135. The van der Waals surface area contributed by atoms with Gasteiger partial charge >= 0.3 is 0 Å². The smallest absolute Gasteiger partial charge is 0.0476 e. The third-order valence-corrected chi connectivity index (χ3v) is 5.22. The van der Waals surface area contributed by atoms with E-state index >= 15 is 0 Å². The molecule has 0 aromatic heterocycles. The second kappa shape index (κ2) is 5.64. The first-order valence-corrected chi connectivity index (χ1v) is 7.82. The molecular formula is C17H26N2. The van der Waals surface area contributed by atoms with E-state index < -0.39 is 0 Å². The maximum Gasteiger partial charge on any atom is 0.0476 e. The topological polar surface area (TPSA) is 29.3 Å². The Morgan fingerprint density at radius 1 is 1.21 bits per heavy atom. The average molecular weight is 258 g/mol. The number of aryl methyl sites for hydroxylation is 1. The van der Waals surface area contributed by atoms with E-state index in [-0.39, 0.29) is 0 Å². The molecule has 104 valence electrons. The maximum absolute atomic E-state index is 6.13. The van der Waals surface area contributed by atoms with Crippen LogP contribution in [0.5, 0.6) is 0 Å². The van der Waals surface area contributed by atoms with Gasteiger partial charge in [0.05, 0.1) is 0 Å². The van der Waals surface area contributed by atoms with E-state index in [9.17, 15) is 0 Å². The molecular weight excluding hydrogens is 232 g/mol. The number of rotatable bonds is 3. The number of likely N-dealkylation sites (tertiary alicyclic amines) is 1. The molecule has 2 aliphatic rings. The third kappa shape index (κ3) is 2.44. The summed E-state index contributed by atoms with van der Waals surface area (Å²) in [5, 5.41) is 0. The van der Waals surface area contributed by atoms with Crippen molar-refractivity contribution in [1.29, 1.82) is 0 Å². The highest BCUT2D eigenvalue weighted by Gasteiger charge is 2.39. The van der Waals surface area contributed by atoms with Gasteiger partial charge in [0.15, 0.2) is 0 Å². The SMILES string of the molecule is Cc1ccccc1C(CN)N1CCC2CCCCC21. The van der Waals surface area contributed by atoms with Crippen LogP contribution in [0.2, 0.25) is 0 Å². The van der Waals surface area contributed by atoms with Crippen molar-refractivity contribution in [3.8, 4) is 0 Å². The summed E-state index contributed by atoms with van der Waals surface area (Å²) < 4.78 is 0. The second-order valence-corrected chi connectivity index (χ2v) is 6.25. The van der Waals surface area contributed by atoms with E-state index in [1.54, 1.807) is 0 Å². The first kappa shape index (κ1) is 13.1. The summed E-state index contributed by atoms with van der Waals surface area (Å²) in [5.74, 6) is 0.937. The van der Waals surface area contributed by atoms with Crippen LogP contribution >= 0.6 is 0 Å². The van der Waals surface area contributed by atoms with Crippen molar-refractivity contribution in [2.75, 3.05) is 13.1 Å². The van der Waals surface area contributed by atoms with Crippen LogP contribution in [-0.4, -0.2) is 24.0 Å². The predicted molar refractivity (Wildman–Crippen MR) is 80.0 cm³/mol. The normalized spacial score (nSPS) is 29.2. The number of benzene rings is 1. The molecule has 0 radical (unpaired) electrons. The Bertz CT molecular complexity index is 429. The molecule has 2 nitrogen and oxygen atoms in total. The zero-order chi connectivity index (χ0) is 13.2. The van der Waals surface area contributed by atoms with Crippen LogP contribution in [-0.2, 0) is 0 Å². The highest BCUT2D eigenvalue weighted by Crippen LogP contribution is 2.40. The van der Waals surface area contributed by atoms with Crippen molar-refractivity contribution < 1.29 is 0 Å². The Morgan fingerprint density at radius 3 is 2.79 bits per heavy atom. The summed E-state index contributed by atoms with van der Waals surface area (Å²) in [6.45, 7) is 4.20. The van der Waals surface area contributed by atoms with Crippen LogP contribution in [0.1, 0.15) is 49.3 Å². The molecule has 1 heterocycles. The second-order valence-electron chi connectivity index (χ2n) is 6.25. The highest BCUT2D eigenvalue weighted by molar-refractivity contribution is 5.29. The molecule has 1 saturated heterocycles. The van der Waals surface area contributed by atoms with E-state index in [4.69, 9.17) is 5.73 Å². The monoisotopic (exact) mass is 258 g/mol. The number of hydrogen-bond donors (Lipinski definition) is 1. The van der Waals surface area contributed by atoms with Crippen LogP contribution in [0.25, 0.3) is 0 Å². The minimum Gasteiger partial charge on any atom is -0.329 e. The highest BCUT2D eigenvalue weighted by atomic mass is 15.2. The Hall–Kier alpha value is -0.860. The summed E-state index contributed by atoms with van der Waals surface area (Å²) in [4.78, 5) is 2.71. The summed E-state index contributed by atoms with van der Waals surface area (Å²) in [6.07, 6.45) is 7.04. The van der Waals surface area contributed by atoms with Gasteiger partial charge in [-0.1, -0.05) is 37.1 Å². The predicted octanol–water partition coefficient (Wildman–Crippen LogP) is 3.26. The number of nitrogens with two attached hydrogens (primary N) is 1. The fraction of sp³-hybridized carbons (Fsp3) is 0.647. The number of fused-ring (bicyclic) bond motifs is 1. The molecule has 0 spiro atoms. The molecule has 19 heavy (non-hydrogen) atoms. The van der Waals surface area contributed by atoms with Crippen molar-refractivity contribution in [2.45, 2.75) is 51.1 Å². The summed E-state index contributed by atoms with van der Waals surface area (Å²) >= 11 is 0. The first-order valence-electron chi connectivity index (χ1n) is 7.82. The molecule has 0 bridgehead atoms. The van der Waals surface area contributed by atoms with Gasteiger partial charge in [-0.05, 0) is 49.8 Å². The van der Waals surface area contributed by atoms with Crippen LogP contribution in [0, 0.1) is 12.8 Å². The molecule has 2 N–H and O–H groups in total. The van der Waals surface area contributed by atoms with E-state index in [0.29, 0.717) is 6.04 Å². The molecule has 1 aliphatic carbocycles. The van der Waals surface area contributed by atoms with Crippen molar-refractivity contribution in [3.05, 3.63) is 35.4 Å². The zero-order valence-corrected chi connectivity index (χ0v) is 12.0. The van der Waals surface area contributed by atoms with Crippen LogP contribution in [0.3, 0.4) is 0 Å². The zero-order valence-electron chi connectivity index (χ0n) is 12.0. The van der Waals surface area contributed by atoms with Crippen molar-refractivity contribution in [3.63, 3.8) is 0 Å². The summed E-state index contributed by atoms with van der Waals surface area (Å²) in [5.41, 5.74) is 8.96. The minimum atomic E-state index is 0.425. The van der Waals surface area contributed by atoms with Gasteiger partial charge in [0.25, 0.3) is 0 Å². The fourth-order valence-electron chi connectivity index (χ4n) is 4.23. The number of nitrogens with zero attached hydrogens (tertiary/aromatic N) is 1. The lowest BCUT2D eigenvalue weighted by atomic mass is 9.84. The van der Waals surface area contributed by atoms with Crippen LogP contribution < -0.4 is 5.73 Å². The molecule has 3 atom stereocenters. The summed E-state index contributed by atoms with van der Waals surface area (Å²) in [7, 11) is 0. The van der Waals surface area contributed by atoms with Crippen molar-refractivity contribution in [2.24, 2.45) is 11.7 Å². The molecule has 2 fully saturated rings. The van der Waals surface area contributed by atoms with Crippen molar-refractivity contribution in [1.82, 2.24) is 4.90 Å². The van der Waals surface area contributed by atoms with Crippen LogP contribution in [0.15, 0.2) is 24.3 Å². The molecule has 1 aromatic carbocycles. The van der Waals surface area contributed by atoms with Gasteiger partial charge in [0.1, 0.15) is 0 Å². The largest absolute Gasteiger partial charge is 0.329 e. The maximum atomic E-state index is 6.13. The first-order chi connectivity index (χ1) is 9.31. The van der Waals surface area contributed by atoms with Gasteiger partial charge in [-0.25, -0.2) is 0 Å². The third-order valence-electron chi connectivity index (χ3n) is 5.22. The Morgan fingerprint density at radius 2 is 2.00 bits per heavy atom. The molecule has 3 unspecified atom stereocenters. The fourth-order valence-corrected chi connectivity index (χ4v) is 4.23. The van der Waals surface area contributed by atoms with Crippen LogP contribution in [0.4, 0.5) is 0 Å². The van der Waals surface area contributed by atoms with Gasteiger partial charge in [-0.15, -0.1) is 0 Å². The lowest BCUT2D eigenvalue weighted by Crippen LogP contribution is -2.40. The van der Waals surface area contributed by atoms with E-state index in [2.05, 4.69) is 36.1 Å². The summed E-state index contributed by atoms with van der Waals surface area (Å²) in [6, 6.07) is 9.98. The average Bonchev–Trinajstić information content (AvgIpc) is 2.86. The van der Waals surface area contributed by atoms with Gasteiger partial charge in [-0.2, -0.15) is 0 Å². The van der Waals surface area contributed by atoms with Gasteiger partial charge < -0.3 is 5.73 Å². The van der Waals surface area contributed by atoms with Gasteiger partial charge in [0, 0.05) is 18.6 Å². The molecule has 1 aliphatic heterocycles. The quantitative estimate of drug-likeness (QED) is 0.901. The Kier molecular flexibility index (Phi) is 3.90. The van der Waals surface area contributed by atoms with E-state index in [0.717, 1.165) is 18.5 Å². The number of hydrogen-bond acceptors (Lipinski definition) is 2. The molecule has 2 heteroatoms. The molecule has 0 amide bonds. The molecule has 1 aromatic rings. The van der Waals surface area contributed by atoms with Crippen molar-refractivity contribution >= 4 is 0 Å². The minimum absolute atomic E-state index is 0.425. The van der Waals surface area contributed by atoms with E-state index in [1.807, 2.05) is 0 Å². The van der Waals surface area contributed by atoms with Gasteiger partial charge in [0.2, 0.25) is 0 Å². The van der Waals surface area contributed by atoms with Gasteiger partial charge in [-0.3, -0.25) is 4.90 Å². The lowest BCUT2D eigenvalue weighted by Gasteiger charge is -2.37. The Labute approximate surface area is 117 Å². The molecule has 3 rings (SSSR count). The standard InChI is InChI=1S/C17H26N2/c1-13-6-2-4-8-15(13)17(12-18)19-11-10-14-7-3-5-9-16(14)19/h2,4,6,8,14,16-17H,3,5,7,9-12,18H2,1H3. The Balaban J connectivity index is 1.85.